The van der Waals surface area contributed by atoms with Crippen molar-refractivity contribution in [1.82, 2.24) is 4.31 Å². The summed E-state index contributed by atoms with van der Waals surface area (Å²) >= 11 is 0. The Labute approximate surface area is 94.1 Å². The van der Waals surface area contributed by atoms with Crippen LogP contribution in [0, 0.1) is 0 Å². The number of anilines is 1. The van der Waals surface area contributed by atoms with Gasteiger partial charge < -0.3 is 4.90 Å². The minimum absolute atomic E-state index is 0.360. The fourth-order valence-electron chi connectivity index (χ4n) is 2.10. The van der Waals surface area contributed by atoms with E-state index in [1.807, 2.05) is 18.0 Å². The smallest absolute Gasteiger partial charge is 0.268 e. The second-order valence-electron chi connectivity index (χ2n) is 3.79. The van der Waals surface area contributed by atoms with Gasteiger partial charge in [-0.05, 0) is 12.1 Å². The molecule has 0 aliphatic carbocycles. The average molecular weight is 237 g/mol. The predicted molar refractivity (Wildman–Crippen MR) is 61.0 cm³/mol. The number of guanidine groups is 1. The van der Waals surface area contributed by atoms with E-state index in [1.54, 1.807) is 18.2 Å². The minimum atomic E-state index is -3.39. The van der Waals surface area contributed by atoms with Crippen molar-refractivity contribution in [2.45, 2.75) is 4.90 Å². The van der Waals surface area contributed by atoms with Crippen LogP contribution in [0.15, 0.2) is 34.2 Å². The van der Waals surface area contributed by atoms with E-state index in [4.69, 9.17) is 0 Å². The molecule has 0 atom stereocenters. The number of sulfonamides is 1. The molecule has 2 aliphatic rings. The second kappa shape index (κ2) is 2.98. The first-order valence-electron chi connectivity index (χ1n) is 5.02. The monoisotopic (exact) mass is 237 g/mol. The van der Waals surface area contributed by atoms with Crippen molar-refractivity contribution in [3.8, 4) is 0 Å². The maximum atomic E-state index is 12.2. The molecule has 6 heteroatoms. The van der Waals surface area contributed by atoms with E-state index in [1.165, 1.54) is 4.31 Å². The number of nitrogens with zero attached hydrogens (tertiary/aromatic N) is 3. The molecule has 16 heavy (non-hydrogen) atoms. The van der Waals surface area contributed by atoms with Gasteiger partial charge in [-0.15, -0.1) is 0 Å². The normalized spacial score (nSPS) is 21.4. The summed E-state index contributed by atoms with van der Waals surface area (Å²) in [5, 5.41) is 0. The third-order valence-corrected chi connectivity index (χ3v) is 4.70. The number of rotatable bonds is 0. The molecule has 0 fully saturated rings. The van der Waals surface area contributed by atoms with E-state index in [0.29, 0.717) is 29.6 Å². The zero-order chi connectivity index (χ0) is 11.3. The van der Waals surface area contributed by atoms with Crippen LogP contribution in [0.3, 0.4) is 0 Å². The molecule has 0 spiro atoms. The Morgan fingerprint density at radius 3 is 2.88 bits per heavy atom. The summed E-state index contributed by atoms with van der Waals surface area (Å²) in [6.07, 6.45) is 0. The third kappa shape index (κ3) is 1.05. The van der Waals surface area contributed by atoms with Gasteiger partial charge in [0, 0.05) is 7.05 Å². The lowest BCUT2D eigenvalue weighted by Gasteiger charge is -2.34. The maximum absolute atomic E-state index is 12.2. The number of hydrogen-bond acceptors (Lipinski definition) is 4. The van der Waals surface area contributed by atoms with E-state index in [-0.39, 0.29) is 0 Å². The summed E-state index contributed by atoms with van der Waals surface area (Å²) in [7, 11) is -1.55. The van der Waals surface area contributed by atoms with Gasteiger partial charge in [-0.2, -0.15) is 0 Å². The molecule has 0 N–H and O–H groups in total. The fraction of sp³-hybridized carbons (Fsp3) is 0.300. The van der Waals surface area contributed by atoms with Gasteiger partial charge in [0.1, 0.15) is 4.90 Å². The zero-order valence-corrected chi connectivity index (χ0v) is 9.61. The molecule has 2 aliphatic heterocycles. The Bertz CT molecular complexity index is 579. The molecule has 0 saturated heterocycles. The first-order valence-corrected chi connectivity index (χ1v) is 6.46. The largest absolute Gasteiger partial charge is 0.313 e. The molecule has 1 aromatic rings. The average Bonchev–Trinajstić information content (AvgIpc) is 2.76. The van der Waals surface area contributed by atoms with Gasteiger partial charge in [0.15, 0.2) is 0 Å². The van der Waals surface area contributed by atoms with Crippen molar-refractivity contribution in [1.29, 1.82) is 0 Å². The molecule has 1 aromatic carbocycles. The Morgan fingerprint density at radius 2 is 2.06 bits per heavy atom. The summed E-state index contributed by atoms with van der Waals surface area (Å²) in [6, 6.07) is 7.00. The van der Waals surface area contributed by atoms with Crippen LogP contribution < -0.4 is 4.90 Å². The van der Waals surface area contributed by atoms with E-state index in [9.17, 15) is 8.42 Å². The topological polar surface area (TPSA) is 53.0 Å². The highest BCUT2D eigenvalue weighted by atomic mass is 32.2. The van der Waals surface area contributed by atoms with Crippen LogP contribution in [-0.2, 0) is 10.0 Å². The van der Waals surface area contributed by atoms with Crippen LogP contribution in [0.4, 0.5) is 5.69 Å². The van der Waals surface area contributed by atoms with Gasteiger partial charge in [-0.3, -0.25) is 0 Å². The highest BCUT2D eigenvalue weighted by Gasteiger charge is 2.39. The molecule has 2 heterocycles. The molecular weight excluding hydrogens is 226 g/mol. The van der Waals surface area contributed by atoms with Crippen molar-refractivity contribution in [3.63, 3.8) is 0 Å². The Morgan fingerprint density at radius 1 is 1.31 bits per heavy atom. The molecule has 0 saturated carbocycles. The lowest BCUT2D eigenvalue weighted by molar-refractivity contribution is 0.531. The minimum Gasteiger partial charge on any atom is -0.313 e. The lowest BCUT2D eigenvalue weighted by Crippen LogP contribution is -2.47. The van der Waals surface area contributed by atoms with Gasteiger partial charge in [0.05, 0.1) is 18.8 Å². The number of hydrogen-bond donors (Lipinski definition) is 0. The molecule has 3 rings (SSSR count). The van der Waals surface area contributed by atoms with Gasteiger partial charge in [0.2, 0.25) is 5.96 Å². The van der Waals surface area contributed by atoms with Crippen molar-refractivity contribution in [2.75, 3.05) is 25.0 Å². The van der Waals surface area contributed by atoms with Crippen LogP contribution in [0.1, 0.15) is 0 Å². The summed E-state index contributed by atoms with van der Waals surface area (Å²) in [5.74, 6) is 0.527. The summed E-state index contributed by atoms with van der Waals surface area (Å²) in [5.41, 5.74) is 0.694. The standard InChI is InChI=1S/C10H11N3O2S/c1-12-8-4-2-3-5-9(8)16(14,15)13-7-6-11-10(12)13/h2-5H,6-7H2,1H3. The van der Waals surface area contributed by atoms with Crippen LogP contribution in [0.5, 0.6) is 0 Å². The molecule has 0 radical (unpaired) electrons. The van der Waals surface area contributed by atoms with Gasteiger partial charge in [-0.1, -0.05) is 12.1 Å². The predicted octanol–water partition coefficient (Wildman–Crippen LogP) is 0.497. The third-order valence-electron chi connectivity index (χ3n) is 2.87. The number of para-hydroxylation sites is 1. The fourth-order valence-corrected chi connectivity index (χ4v) is 3.77. The number of aliphatic imine (C=N–C) groups is 1. The van der Waals surface area contributed by atoms with Crippen LogP contribution in [0.25, 0.3) is 0 Å². The van der Waals surface area contributed by atoms with Gasteiger partial charge >= 0.3 is 0 Å². The summed E-state index contributed by atoms with van der Waals surface area (Å²) in [6.45, 7) is 0.975. The van der Waals surface area contributed by atoms with Crippen molar-refractivity contribution >= 4 is 21.7 Å². The lowest BCUT2D eigenvalue weighted by atomic mass is 10.3. The van der Waals surface area contributed by atoms with Crippen molar-refractivity contribution in [3.05, 3.63) is 24.3 Å². The SMILES string of the molecule is CN1C2=NCCN2S(=O)(=O)c2ccccc21. The molecule has 0 unspecified atom stereocenters. The zero-order valence-electron chi connectivity index (χ0n) is 8.79. The molecule has 0 aromatic heterocycles. The maximum Gasteiger partial charge on any atom is 0.268 e. The molecule has 0 bridgehead atoms. The van der Waals surface area contributed by atoms with Crippen LogP contribution >= 0.6 is 0 Å². The molecule has 84 valence electrons. The molecule has 5 nitrogen and oxygen atoms in total. The van der Waals surface area contributed by atoms with E-state index >= 15 is 0 Å². The van der Waals surface area contributed by atoms with Crippen molar-refractivity contribution < 1.29 is 8.42 Å². The summed E-state index contributed by atoms with van der Waals surface area (Å²) in [4.78, 5) is 6.40. The first kappa shape index (κ1) is 9.65. The summed E-state index contributed by atoms with van der Waals surface area (Å²) < 4.78 is 25.9. The Balaban J connectivity index is 2.32. The Hall–Kier alpha value is -1.56. The quantitative estimate of drug-likeness (QED) is 0.660. The second-order valence-corrected chi connectivity index (χ2v) is 5.62. The first-order chi connectivity index (χ1) is 7.62. The van der Waals surface area contributed by atoms with E-state index < -0.39 is 10.0 Å². The molecule has 0 amide bonds. The highest BCUT2D eigenvalue weighted by molar-refractivity contribution is 7.90. The van der Waals surface area contributed by atoms with Crippen molar-refractivity contribution in [2.24, 2.45) is 4.99 Å². The van der Waals surface area contributed by atoms with Crippen LogP contribution in [-0.4, -0.2) is 38.8 Å². The van der Waals surface area contributed by atoms with Gasteiger partial charge in [0.25, 0.3) is 10.0 Å². The Kier molecular flexibility index (Phi) is 1.79. The van der Waals surface area contributed by atoms with Gasteiger partial charge in [-0.25, -0.2) is 17.7 Å². The molecular formula is C10H11N3O2S. The number of fused-ring (bicyclic) bond motifs is 2. The van der Waals surface area contributed by atoms with E-state index in [2.05, 4.69) is 4.99 Å². The van der Waals surface area contributed by atoms with E-state index in [0.717, 1.165) is 0 Å². The van der Waals surface area contributed by atoms with Crippen LogP contribution in [0.2, 0.25) is 0 Å². The number of benzene rings is 1. The highest BCUT2D eigenvalue weighted by Crippen LogP contribution is 2.34.